The number of nitrogens with zero attached hydrogens (tertiary/aromatic N) is 1. The first-order chi connectivity index (χ1) is 11.1. The smallest absolute Gasteiger partial charge is 0.335 e. The molecule has 0 bridgehead atoms. The van der Waals surface area contributed by atoms with Gasteiger partial charge in [0.1, 0.15) is 5.82 Å². The van der Waals surface area contributed by atoms with Crippen molar-refractivity contribution < 1.29 is 23.8 Å². The minimum Gasteiger partial charge on any atom is -0.478 e. The van der Waals surface area contributed by atoms with Gasteiger partial charge in [-0.25, -0.2) is 9.18 Å². The fourth-order valence-corrected chi connectivity index (χ4v) is 3.58. The van der Waals surface area contributed by atoms with E-state index in [1.54, 1.807) is 4.90 Å². The van der Waals surface area contributed by atoms with Crippen LogP contribution in [0.5, 0.6) is 0 Å². The van der Waals surface area contributed by atoms with Gasteiger partial charge in [0.05, 0.1) is 17.7 Å². The molecule has 2 saturated heterocycles. The van der Waals surface area contributed by atoms with Crippen LogP contribution in [0.3, 0.4) is 0 Å². The van der Waals surface area contributed by atoms with Crippen molar-refractivity contribution in [3.05, 3.63) is 35.1 Å². The molecular formula is C17H20FNO4. The number of aromatic carboxylic acids is 1. The summed E-state index contributed by atoms with van der Waals surface area (Å²) >= 11 is 0. The van der Waals surface area contributed by atoms with Gasteiger partial charge in [-0.15, -0.1) is 0 Å². The second kappa shape index (κ2) is 6.66. The first-order valence-electron chi connectivity index (χ1n) is 7.99. The monoisotopic (exact) mass is 321 g/mol. The number of halogens is 1. The Bertz CT molecular complexity index is 613. The van der Waals surface area contributed by atoms with Crippen LogP contribution in [0.25, 0.3) is 0 Å². The molecule has 2 aliphatic rings. The standard InChI is InChI=1S/C17H20FNO4/c18-14-9-11(17(21)22)5-6-13(14)16(20)19-7-1-4-15(19)12-3-2-8-23-10-12/h5-6,9,12,15H,1-4,7-8,10H2,(H,21,22). The summed E-state index contributed by atoms with van der Waals surface area (Å²) in [5.74, 6) is -2.04. The maximum atomic E-state index is 14.1. The molecule has 0 saturated carbocycles. The molecule has 2 aliphatic heterocycles. The van der Waals surface area contributed by atoms with Crippen LogP contribution < -0.4 is 0 Å². The largest absolute Gasteiger partial charge is 0.478 e. The van der Waals surface area contributed by atoms with Crippen LogP contribution in [0.4, 0.5) is 4.39 Å². The minimum absolute atomic E-state index is 0.0568. The number of ether oxygens (including phenoxy) is 1. The Morgan fingerprint density at radius 1 is 1.26 bits per heavy atom. The third-order valence-electron chi connectivity index (χ3n) is 4.75. The average Bonchev–Trinajstić information content (AvgIpc) is 3.04. The molecule has 0 spiro atoms. The molecule has 0 radical (unpaired) electrons. The zero-order chi connectivity index (χ0) is 16.4. The molecule has 2 unspecified atom stereocenters. The van der Waals surface area contributed by atoms with Crippen molar-refractivity contribution in [1.82, 2.24) is 4.90 Å². The lowest BCUT2D eigenvalue weighted by Crippen LogP contribution is -2.43. The minimum atomic E-state index is -1.21. The highest BCUT2D eigenvalue weighted by Gasteiger charge is 2.36. The van der Waals surface area contributed by atoms with Crippen LogP contribution in [-0.4, -0.2) is 47.7 Å². The van der Waals surface area contributed by atoms with Crippen LogP contribution in [-0.2, 0) is 4.74 Å². The molecule has 6 heteroatoms. The van der Waals surface area contributed by atoms with E-state index in [0.717, 1.165) is 38.4 Å². The fraction of sp³-hybridized carbons (Fsp3) is 0.529. The van der Waals surface area contributed by atoms with E-state index >= 15 is 0 Å². The molecule has 1 amide bonds. The molecule has 5 nitrogen and oxygen atoms in total. The quantitative estimate of drug-likeness (QED) is 0.929. The van der Waals surface area contributed by atoms with Gasteiger partial charge < -0.3 is 14.7 Å². The van der Waals surface area contributed by atoms with Crippen LogP contribution in [0.1, 0.15) is 46.4 Å². The van der Waals surface area contributed by atoms with Crippen LogP contribution in [0.2, 0.25) is 0 Å². The van der Waals surface area contributed by atoms with E-state index < -0.39 is 11.8 Å². The Kier molecular flexibility index (Phi) is 4.61. The Morgan fingerprint density at radius 3 is 2.74 bits per heavy atom. The molecule has 3 rings (SSSR count). The van der Waals surface area contributed by atoms with Gasteiger partial charge in [0, 0.05) is 25.1 Å². The number of carboxylic acid groups (broad SMARTS) is 1. The SMILES string of the molecule is O=C(O)c1ccc(C(=O)N2CCCC2C2CCCOC2)c(F)c1. The number of hydrogen-bond donors (Lipinski definition) is 1. The molecule has 2 heterocycles. The zero-order valence-corrected chi connectivity index (χ0v) is 12.8. The summed E-state index contributed by atoms with van der Waals surface area (Å²) in [6.45, 7) is 2.03. The highest BCUT2D eigenvalue weighted by molar-refractivity contribution is 5.96. The summed E-state index contributed by atoms with van der Waals surface area (Å²) in [4.78, 5) is 25.3. The van der Waals surface area contributed by atoms with Crippen molar-refractivity contribution in [1.29, 1.82) is 0 Å². The van der Waals surface area contributed by atoms with Crippen LogP contribution >= 0.6 is 0 Å². The lowest BCUT2D eigenvalue weighted by Gasteiger charge is -2.34. The van der Waals surface area contributed by atoms with E-state index in [9.17, 15) is 14.0 Å². The molecule has 1 aromatic carbocycles. The van der Waals surface area contributed by atoms with E-state index in [4.69, 9.17) is 9.84 Å². The van der Waals surface area contributed by atoms with Gasteiger partial charge >= 0.3 is 5.97 Å². The number of benzene rings is 1. The molecule has 2 fully saturated rings. The van der Waals surface area contributed by atoms with Gasteiger partial charge in [0.2, 0.25) is 0 Å². The highest BCUT2D eigenvalue weighted by atomic mass is 19.1. The van der Waals surface area contributed by atoms with Crippen molar-refractivity contribution in [2.45, 2.75) is 31.7 Å². The highest BCUT2D eigenvalue weighted by Crippen LogP contribution is 2.31. The first kappa shape index (κ1) is 15.9. The second-order valence-corrected chi connectivity index (χ2v) is 6.19. The third-order valence-corrected chi connectivity index (χ3v) is 4.75. The lowest BCUT2D eigenvalue weighted by molar-refractivity contribution is 0.0190. The number of carbonyl (C=O) groups is 2. The van der Waals surface area contributed by atoms with Gasteiger partial charge in [-0.1, -0.05) is 0 Å². The van der Waals surface area contributed by atoms with Crippen LogP contribution in [0, 0.1) is 11.7 Å². The number of carbonyl (C=O) groups excluding carboxylic acids is 1. The van der Waals surface area contributed by atoms with E-state index in [0.29, 0.717) is 19.1 Å². The molecule has 124 valence electrons. The van der Waals surface area contributed by atoms with Crippen molar-refractivity contribution in [3.8, 4) is 0 Å². The van der Waals surface area contributed by atoms with Gasteiger partial charge in [-0.2, -0.15) is 0 Å². The van der Waals surface area contributed by atoms with Crippen molar-refractivity contribution in [2.24, 2.45) is 5.92 Å². The summed E-state index contributed by atoms with van der Waals surface area (Å²) < 4.78 is 19.7. The maximum absolute atomic E-state index is 14.1. The van der Waals surface area contributed by atoms with E-state index in [1.165, 1.54) is 12.1 Å². The van der Waals surface area contributed by atoms with Gasteiger partial charge in [-0.3, -0.25) is 4.79 Å². The second-order valence-electron chi connectivity index (χ2n) is 6.19. The van der Waals surface area contributed by atoms with Gasteiger partial charge in [-0.05, 0) is 43.9 Å². The van der Waals surface area contributed by atoms with Crippen molar-refractivity contribution >= 4 is 11.9 Å². The number of likely N-dealkylation sites (tertiary alicyclic amines) is 1. The summed E-state index contributed by atoms with van der Waals surface area (Å²) in [5.41, 5.74) is -0.212. The van der Waals surface area contributed by atoms with Crippen molar-refractivity contribution in [3.63, 3.8) is 0 Å². The number of carboxylic acids is 1. The van der Waals surface area contributed by atoms with Crippen LogP contribution in [0.15, 0.2) is 18.2 Å². The topological polar surface area (TPSA) is 66.8 Å². The average molecular weight is 321 g/mol. The molecule has 23 heavy (non-hydrogen) atoms. The summed E-state index contributed by atoms with van der Waals surface area (Å²) in [7, 11) is 0. The number of rotatable bonds is 3. The predicted molar refractivity (Wildman–Crippen MR) is 81.0 cm³/mol. The fourth-order valence-electron chi connectivity index (χ4n) is 3.58. The lowest BCUT2D eigenvalue weighted by atomic mass is 9.91. The van der Waals surface area contributed by atoms with E-state index in [-0.39, 0.29) is 23.1 Å². The normalized spacial score (nSPS) is 24.7. The molecule has 1 aromatic rings. The molecular weight excluding hydrogens is 301 g/mol. The van der Waals surface area contributed by atoms with E-state index in [2.05, 4.69) is 0 Å². The van der Waals surface area contributed by atoms with E-state index in [1.807, 2.05) is 0 Å². The predicted octanol–water partition coefficient (Wildman–Crippen LogP) is 2.56. The maximum Gasteiger partial charge on any atom is 0.335 e. The third kappa shape index (κ3) is 3.22. The van der Waals surface area contributed by atoms with Crippen molar-refractivity contribution in [2.75, 3.05) is 19.8 Å². The summed E-state index contributed by atoms with van der Waals surface area (Å²) in [6.07, 6.45) is 3.83. The summed E-state index contributed by atoms with van der Waals surface area (Å²) in [6, 6.07) is 3.53. The number of amides is 1. The Morgan fingerprint density at radius 2 is 2.09 bits per heavy atom. The molecule has 2 atom stereocenters. The molecule has 0 aliphatic carbocycles. The van der Waals surface area contributed by atoms with Gasteiger partial charge in [0.15, 0.2) is 0 Å². The zero-order valence-electron chi connectivity index (χ0n) is 12.8. The Labute approximate surface area is 134 Å². The summed E-state index contributed by atoms with van der Waals surface area (Å²) in [5, 5.41) is 8.89. The number of hydrogen-bond acceptors (Lipinski definition) is 3. The van der Waals surface area contributed by atoms with Gasteiger partial charge in [0.25, 0.3) is 5.91 Å². The Hall–Kier alpha value is -1.95. The molecule has 1 N–H and O–H groups in total. The Balaban J connectivity index is 1.80. The molecule has 0 aromatic heterocycles. The first-order valence-corrected chi connectivity index (χ1v) is 7.99.